The maximum atomic E-state index is 5.85. The van der Waals surface area contributed by atoms with Crippen molar-refractivity contribution in [3.05, 3.63) is 65.2 Å². The van der Waals surface area contributed by atoms with Gasteiger partial charge in [0.1, 0.15) is 0 Å². The molecule has 0 fully saturated rings. The van der Waals surface area contributed by atoms with Gasteiger partial charge in [0.15, 0.2) is 5.11 Å². The molecule has 0 heterocycles. The van der Waals surface area contributed by atoms with Crippen molar-refractivity contribution < 1.29 is 0 Å². The molecule has 0 aliphatic carbocycles. The Morgan fingerprint density at radius 1 is 1.05 bits per heavy atom. The molecule has 0 aromatic heterocycles. The summed E-state index contributed by atoms with van der Waals surface area (Å²) in [6.45, 7) is 0.876. The number of hydrogen-bond donors (Lipinski definition) is 2. The van der Waals surface area contributed by atoms with Crippen molar-refractivity contribution in [3.63, 3.8) is 0 Å². The van der Waals surface area contributed by atoms with Crippen molar-refractivity contribution in [2.75, 3.05) is 17.6 Å². The number of benzene rings is 2. The van der Waals surface area contributed by atoms with Gasteiger partial charge in [0.25, 0.3) is 0 Å². The third-order valence-corrected chi connectivity index (χ3v) is 4.58. The van der Waals surface area contributed by atoms with Gasteiger partial charge in [0, 0.05) is 23.0 Å². The third kappa shape index (κ3) is 6.69. The van der Waals surface area contributed by atoms with Crippen LogP contribution in [0.1, 0.15) is 12.0 Å². The smallest absolute Gasteiger partial charge is 0.170 e. The largest absolute Gasteiger partial charge is 0.362 e. The van der Waals surface area contributed by atoms with E-state index in [1.807, 2.05) is 42.1 Å². The van der Waals surface area contributed by atoms with E-state index in [-0.39, 0.29) is 0 Å². The van der Waals surface area contributed by atoms with E-state index in [4.69, 9.17) is 23.8 Å². The molecule has 2 nitrogen and oxygen atoms in total. The quantitative estimate of drug-likeness (QED) is 0.545. The van der Waals surface area contributed by atoms with Crippen LogP contribution in [0.15, 0.2) is 54.6 Å². The Bertz CT molecular complexity index is 573. The average molecular weight is 351 g/mol. The second-order valence-corrected chi connectivity index (χ2v) is 6.73. The molecule has 2 aromatic carbocycles. The molecule has 0 saturated carbocycles. The Balaban J connectivity index is 1.54. The van der Waals surface area contributed by atoms with Crippen LogP contribution in [-0.4, -0.2) is 17.4 Å². The van der Waals surface area contributed by atoms with E-state index in [1.54, 1.807) is 0 Å². The molecule has 0 amide bonds. The van der Waals surface area contributed by atoms with Crippen LogP contribution in [-0.2, 0) is 5.75 Å². The highest BCUT2D eigenvalue weighted by Gasteiger charge is 1.98. The average Bonchev–Trinajstić information content (AvgIpc) is 2.54. The zero-order valence-corrected chi connectivity index (χ0v) is 14.6. The Kier molecular flexibility index (Phi) is 7.57. The van der Waals surface area contributed by atoms with Crippen LogP contribution in [0.25, 0.3) is 0 Å². The number of rotatable bonds is 7. The van der Waals surface area contributed by atoms with Crippen molar-refractivity contribution in [2.45, 2.75) is 12.2 Å². The van der Waals surface area contributed by atoms with Crippen LogP contribution >= 0.6 is 35.6 Å². The second kappa shape index (κ2) is 9.72. The van der Waals surface area contributed by atoms with Gasteiger partial charge in [-0.2, -0.15) is 11.8 Å². The zero-order valence-electron chi connectivity index (χ0n) is 12.2. The molecule has 0 saturated heterocycles. The number of nitrogens with one attached hydrogen (secondary N) is 2. The lowest BCUT2D eigenvalue weighted by molar-refractivity contribution is 0.854. The fourth-order valence-corrected chi connectivity index (χ4v) is 3.12. The number of anilines is 1. The van der Waals surface area contributed by atoms with Crippen LogP contribution < -0.4 is 10.6 Å². The molecule has 0 bridgehead atoms. The van der Waals surface area contributed by atoms with Crippen molar-refractivity contribution in [2.24, 2.45) is 0 Å². The van der Waals surface area contributed by atoms with E-state index in [0.29, 0.717) is 5.11 Å². The van der Waals surface area contributed by atoms with Crippen LogP contribution in [0.5, 0.6) is 0 Å². The Morgan fingerprint density at radius 3 is 2.50 bits per heavy atom. The first-order valence-electron chi connectivity index (χ1n) is 7.16. The minimum atomic E-state index is 0.649. The first kappa shape index (κ1) is 17.1. The topological polar surface area (TPSA) is 24.1 Å². The van der Waals surface area contributed by atoms with Gasteiger partial charge in [0.05, 0.1) is 0 Å². The highest BCUT2D eigenvalue weighted by atomic mass is 35.5. The summed E-state index contributed by atoms with van der Waals surface area (Å²) in [5.74, 6) is 2.18. The highest BCUT2D eigenvalue weighted by Crippen LogP contribution is 2.13. The first-order chi connectivity index (χ1) is 10.7. The van der Waals surface area contributed by atoms with Crippen LogP contribution in [0.2, 0.25) is 5.02 Å². The van der Waals surface area contributed by atoms with E-state index >= 15 is 0 Å². The number of thiocarbonyl (C=S) groups is 1. The van der Waals surface area contributed by atoms with Gasteiger partial charge in [-0.15, -0.1) is 0 Å². The van der Waals surface area contributed by atoms with Crippen LogP contribution in [0.4, 0.5) is 5.69 Å². The van der Waals surface area contributed by atoms with E-state index < -0.39 is 0 Å². The van der Waals surface area contributed by atoms with E-state index in [0.717, 1.165) is 35.2 Å². The summed E-state index contributed by atoms with van der Waals surface area (Å²) in [6, 6.07) is 18.0. The van der Waals surface area contributed by atoms with E-state index in [1.165, 1.54) is 5.56 Å². The fourth-order valence-electron chi connectivity index (χ4n) is 1.85. The normalized spacial score (nSPS) is 10.2. The Morgan fingerprint density at radius 2 is 1.77 bits per heavy atom. The molecule has 0 unspecified atom stereocenters. The summed E-state index contributed by atoms with van der Waals surface area (Å²) in [4.78, 5) is 0. The van der Waals surface area contributed by atoms with Crippen molar-refractivity contribution in [1.29, 1.82) is 0 Å². The molecule has 116 valence electrons. The molecule has 22 heavy (non-hydrogen) atoms. The molecule has 0 radical (unpaired) electrons. The summed E-state index contributed by atoms with van der Waals surface area (Å²) in [7, 11) is 0. The molecule has 0 atom stereocenters. The second-order valence-electron chi connectivity index (χ2n) is 4.78. The lowest BCUT2D eigenvalue weighted by Crippen LogP contribution is -2.29. The predicted octanol–water partition coefficient (Wildman–Crippen LogP) is 4.95. The van der Waals surface area contributed by atoms with Gasteiger partial charge >= 0.3 is 0 Å². The molecule has 0 spiro atoms. The third-order valence-electron chi connectivity index (χ3n) is 2.96. The zero-order chi connectivity index (χ0) is 15.6. The number of halogens is 1. The molecular weight excluding hydrogens is 332 g/mol. The van der Waals surface area contributed by atoms with Gasteiger partial charge in [-0.1, -0.05) is 41.9 Å². The molecular formula is C17H19ClN2S2. The van der Waals surface area contributed by atoms with Crippen molar-refractivity contribution in [3.8, 4) is 0 Å². The lowest BCUT2D eigenvalue weighted by Gasteiger charge is -2.10. The minimum absolute atomic E-state index is 0.649. The van der Waals surface area contributed by atoms with Gasteiger partial charge < -0.3 is 10.6 Å². The lowest BCUT2D eigenvalue weighted by atomic mass is 10.2. The predicted molar refractivity (Wildman–Crippen MR) is 103 cm³/mol. The van der Waals surface area contributed by atoms with E-state index in [9.17, 15) is 0 Å². The maximum Gasteiger partial charge on any atom is 0.170 e. The summed E-state index contributed by atoms with van der Waals surface area (Å²) in [5.41, 5.74) is 2.32. The van der Waals surface area contributed by atoms with Gasteiger partial charge in [-0.3, -0.25) is 0 Å². The summed E-state index contributed by atoms with van der Waals surface area (Å²) in [6.07, 6.45) is 1.08. The van der Waals surface area contributed by atoms with Gasteiger partial charge in [0.2, 0.25) is 0 Å². The number of hydrogen-bond acceptors (Lipinski definition) is 2. The van der Waals surface area contributed by atoms with Crippen molar-refractivity contribution in [1.82, 2.24) is 5.32 Å². The SMILES string of the molecule is S=C(NCCCSCc1ccccc1)Nc1ccc(Cl)cc1. The van der Waals surface area contributed by atoms with Gasteiger partial charge in [-0.25, -0.2) is 0 Å². The Labute approximate surface area is 146 Å². The first-order valence-corrected chi connectivity index (χ1v) is 9.10. The maximum absolute atomic E-state index is 5.85. The van der Waals surface area contributed by atoms with Crippen molar-refractivity contribution >= 4 is 46.4 Å². The van der Waals surface area contributed by atoms with Crippen LogP contribution in [0.3, 0.4) is 0 Å². The molecule has 2 N–H and O–H groups in total. The minimum Gasteiger partial charge on any atom is -0.362 e. The summed E-state index contributed by atoms with van der Waals surface area (Å²) in [5, 5.41) is 7.73. The Hall–Kier alpha value is -1.23. The summed E-state index contributed by atoms with van der Waals surface area (Å²) >= 11 is 13.1. The standard InChI is InChI=1S/C17H19ClN2S2/c18-15-7-9-16(10-8-15)20-17(21)19-11-4-12-22-13-14-5-2-1-3-6-14/h1-3,5-10H,4,11-13H2,(H2,19,20,21). The molecule has 5 heteroatoms. The summed E-state index contributed by atoms with van der Waals surface area (Å²) < 4.78 is 0. The van der Waals surface area contributed by atoms with Gasteiger partial charge in [-0.05, 0) is 54.2 Å². The fraction of sp³-hybridized carbons (Fsp3) is 0.235. The molecule has 0 aliphatic heterocycles. The highest BCUT2D eigenvalue weighted by molar-refractivity contribution is 7.98. The van der Waals surface area contributed by atoms with Crippen LogP contribution in [0, 0.1) is 0 Å². The molecule has 0 aliphatic rings. The molecule has 2 aromatic rings. The monoisotopic (exact) mass is 350 g/mol. The number of thioether (sulfide) groups is 1. The molecule has 2 rings (SSSR count). The van der Waals surface area contributed by atoms with E-state index in [2.05, 4.69) is 34.9 Å².